The van der Waals surface area contributed by atoms with Gasteiger partial charge in [0.05, 0.1) is 0 Å². The van der Waals surface area contributed by atoms with E-state index >= 15 is 0 Å². The normalized spacial score (nSPS) is 49.0. The summed E-state index contributed by atoms with van der Waals surface area (Å²) >= 11 is 0. The lowest BCUT2D eigenvalue weighted by Gasteiger charge is -2.64. The molecule has 7 fully saturated rings. The van der Waals surface area contributed by atoms with Gasteiger partial charge in [-0.2, -0.15) is 0 Å². The molecule has 252 valence electrons. The number of rotatable bonds is 6. The van der Waals surface area contributed by atoms with Gasteiger partial charge >= 0.3 is 0 Å². The van der Waals surface area contributed by atoms with Gasteiger partial charge in [-0.25, -0.2) is 0 Å². The maximum atomic E-state index is 3.43. The fraction of sp³-hybridized carbons (Fsp3) is 1.00. The lowest BCUT2D eigenvalue weighted by molar-refractivity contribution is -0.149. The molecule has 0 saturated heterocycles. The van der Waals surface area contributed by atoms with Gasteiger partial charge in [0.25, 0.3) is 0 Å². The molecule has 0 heterocycles. The predicted octanol–water partition coefficient (Wildman–Crippen LogP) is 11.3. The first-order valence-corrected chi connectivity index (χ1v) is 21.0. The number of hydrogen-bond donors (Lipinski definition) is 0. The number of nitrogens with zero attached hydrogens (tertiary/aromatic N) is 2. The molecule has 0 aromatic rings. The lowest BCUT2D eigenvalue weighted by Crippen LogP contribution is -2.69. The monoisotopic (exact) mass is 607 g/mol. The van der Waals surface area contributed by atoms with Crippen molar-refractivity contribution in [2.75, 3.05) is 0 Å². The minimum atomic E-state index is 0.895. The second-order valence-electron chi connectivity index (χ2n) is 18.8. The molecule has 7 saturated carbocycles. The average molecular weight is 607 g/mol. The van der Waals surface area contributed by atoms with Gasteiger partial charge in [-0.1, -0.05) is 53.4 Å². The van der Waals surface area contributed by atoms with Crippen LogP contribution in [-0.4, -0.2) is 46.1 Å². The first-order valence-electron chi connectivity index (χ1n) is 21.0. The largest absolute Gasteiger partial charge is 0.294 e. The summed E-state index contributed by atoms with van der Waals surface area (Å²) in [5.41, 5.74) is 0. The van der Waals surface area contributed by atoms with Crippen LogP contribution < -0.4 is 0 Å². The molecule has 0 amide bonds. The SMILES string of the molecule is CC1CCC(N(C2CCC(C)CC2)C2C3CCCCC3C(N(C3CCC(C)CC3)C3CCC(C)CC3)C3CCCCC32)CC1. The van der Waals surface area contributed by atoms with Crippen LogP contribution in [0.1, 0.15) is 182 Å². The van der Waals surface area contributed by atoms with Gasteiger partial charge in [-0.15, -0.1) is 0 Å². The highest BCUT2D eigenvalue weighted by Crippen LogP contribution is 2.57. The molecule has 0 bridgehead atoms. The van der Waals surface area contributed by atoms with Crippen molar-refractivity contribution in [3.05, 3.63) is 0 Å². The molecule has 0 radical (unpaired) electrons. The van der Waals surface area contributed by atoms with E-state index in [0.717, 1.165) is 83.6 Å². The fourth-order valence-electron chi connectivity index (χ4n) is 13.3. The van der Waals surface area contributed by atoms with Gasteiger partial charge in [0.1, 0.15) is 0 Å². The topological polar surface area (TPSA) is 6.48 Å². The average Bonchev–Trinajstić information content (AvgIpc) is 3.05. The minimum Gasteiger partial charge on any atom is -0.294 e. The third-order valence-electron chi connectivity index (χ3n) is 15.8. The van der Waals surface area contributed by atoms with Crippen molar-refractivity contribution in [2.45, 2.75) is 218 Å². The summed E-state index contributed by atoms with van der Waals surface area (Å²) in [6.45, 7) is 10.2. The van der Waals surface area contributed by atoms with Crippen molar-refractivity contribution >= 4 is 0 Å². The van der Waals surface area contributed by atoms with E-state index in [9.17, 15) is 0 Å². The highest BCUT2D eigenvalue weighted by Gasteiger charge is 2.57. The van der Waals surface area contributed by atoms with Crippen molar-refractivity contribution in [1.29, 1.82) is 0 Å². The van der Waals surface area contributed by atoms with E-state index in [1.165, 1.54) is 128 Å². The molecular formula is C42H74N2. The molecule has 0 spiro atoms. The molecule has 2 nitrogen and oxygen atoms in total. The Morgan fingerprint density at radius 3 is 0.682 bits per heavy atom. The van der Waals surface area contributed by atoms with Crippen LogP contribution in [0.15, 0.2) is 0 Å². The van der Waals surface area contributed by atoms with E-state index in [2.05, 4.69) is 37.5 Å². The molecule has 7 rings (SSSR count). The van der Waals surface area contributed by atoms with E-state index in [1.54, 1.807) is 25.7 Å². The van der Waals surface area contributed by atoms with E-state index in [1.807, 2.05) is 0 Å². The zero-order valence-electron chi connectivity index (χ0n) is 29.9. The summed E-state index contributed by atoms with van der Waals surface area (Å²) in [5.74, 6) is 7.79. The molecule has 4 atom stereocenters. The molecule has 44 heavy (non-hydrogen) atoms. The molecule has 7 aliphatic rings. The van der Waals surface area contributed by atoms with Crippen molar-refractivity contribution in [3.63, 3.8) is 0 Å². The fourth-order valence-corrected chi connectivity index (χ4v) is 13.3. The van der Waals surface area contributed by atoms with Crippen LogP contribution in [-0.2, 0) is 0 Å². The van der Waals surface area contributed by atoms with Crippen LogP contribution >= 0.6 is 0 Å². The van der Waals surface area contributed by atoms with Crippen molar-refractivity contribution < 1.29 is 0 Å². The Morgan fingerprint density at radius 1 is 0.273 bits per heavy atom. The van der Waals surface area contributed by atoms with Crippen LogP contribution in [0.3, 0.4) is 0 Å². The second-order valence-corrected chi connectivity index (χ2v) is 18.8. The zero-order valence-corrected chi connectivity index (χ0v) is 29.9. The molecule has 0 aromatic carbocycles. The third-order valence-corrected chi connectivity index (χ3v) is 15.8. The van der Waals surface area contributed by atoms with Crippen LogP contribution in [0.25, 0.3) is 0 Å². The summed E-state index contributed by atoms with van der Waals surface area (Å²) in [5, 5.41) is 0. The van der Waals surface area contributed by atoms with E-state index in [4.69, 9.17) is 0 Å². The molecule has 7 aliphatic carbocycles. The Kier molecular flexibility index (Phi) is 10.8. The highest BCUT2D eigenvalue weighted by molar-refractivity contribution is 5.10. The Balaban J connectivity index is 1.25. The summed E-state index contributed by atoms with van der Waals surface area (Å²) in [6.07, 6.45) is 36.4. The molecule has 0 aliphatic heterocycles. The quantitative estimate of drug-likeness (QED) is 0.297. The zero-order chi connectivity index (χ0) is 30.2. The lowest BCUT2D eigenvalue weighted by atomic mass is 9.53. The van der Waals surface area contributed by atoms with Crippen LogP contribution in [0.5, 0.6) is 0 Å². The second kappa shape index (κ2) is 14.6. The minimum absolute atomic E-state index is 0.895. The van der Waals surface area contributed by atoms with Gasteiger partial charge in [-0.05, 0) is 176 Å². The van der Waals surface area contributed by atoms with E-state index in [-0.39, 0.29) is 0 Å². The predicted molar refractivity (Wildman–Crippen MR) is 188 cm³/mol. The van der Waals surface area contributed by atoms with Crippen molar-refractivity contribution in [2.24, 2.45) is 47.3 Å². The third kappa shape index (κ3) is 6.76. The smallest absolute Gasteiger partial charge is 0.0164 e. The first-order chi connectivity index (χ1) is 21.5. The Hall–Kier alpha value is -0.0800. The van der Waals surface area contributed by atoms with E-state index in [0.29, 0.717) is 0 Å². The van der Waals surface area contributed by atoms with Crippen LogP contribution in [0.4, 0.5) is 0 Å². The van der Waals surface area contributed by atoms with Crippen molar-refractivity contribution in [1.82, 2.24) is 9.80 Å². The molecule has 0 aromatic heterocycles. The van der Waals surface area contributed by atoms with Gasteiger partial charge in [0.2, 0.25) is 0 Å². The van der Waals surface area contributed by atoms with Gasteiger partial charge in [-0.3, -0.25) is 9.80 Å². The summed E-state index contributed by atoms with van der Waals surface area (Å²) < 4.78 is 0. The standard InChI is InChI=1S/C42H74N2/c1-29-13-21-33(22-14-29)43(34-23-15-30(2)16-24-34)41-37-9-5-7-11-39(37)42(40-12-8-6-10-38(40)41)44(35-25-17-31(3)18-26-35)36-27-19-32(4)20-28-36/h29-42H,5-28H2,1-4H3. The van der Waals surface area contributed by atoms with E-state index < -0.39 is 0 Å². The molecule has 4 unspecified atom stereocenters. The van der Waals surface area contributed by atoms with Gasteiger partial charge in [0, 0.05) is 36.3 Å². The molecule has 0 N–H and O–H groups in total. The van der Waals surface area contributed by atoms with Gasteiger partial charge < -0.3 is 0 Å². The number of hydrogen-bond acceptors (Lipinski definition) is 2. The Morgan fingerprint density at radius 2 is 0.477 bits per heavy atom. The number of fused-ring (bicyclic) bond motifs is 2. The Bertz CT molecular complexity index is 728. The summed E-state index contributed by atoms with van der Waals surface area (Å²) in [4.78, 5) is 6.85. The van der Waals surface area contributed by atoms with Crippen LogP contribution in [0.2, 0.25) is 0 Å². The van der Waals surface area contributed by atoms with Gasteiger partial charge in [0.15, 0.2) is 0 Å². The summed E-state index contributed by atoms with van der Waals surface area (Å²) in [7, 11) is 0. The summed E-state index contributed by atoms with van der Waals surface area (Å²) in [6, 6.07) is 5.41. The maximum absolute atomic E-state index is 3.43. The van der Waals surface area contributed by atoms with Crippen molar-refractivity contribution in [3.8, 4) is 0 Å². The first kappa shape index (κ1) is 32.5. The maximum Gasteiger partial charge on any atom is 0.0164 e. The highest BCUT2D eigenvalue weighted by atomic mass is 15.3. The molecule has 2 heteroatoms. The molecular weight excluding hydrogens is 532 g/mol. The van der Waals surface area contributed by atoms with Crippen LogP contribution in [0, 0.1) is 47.3 Å². The Labute approximate surface area is 274 Å².